The number of hydrogen-bond acceptors (Lipinski definition) is 2. The Morgan fingerprint density at radius 1 is 0.960 bits per heavy atom. The molecule has 2 aliphatic heterocycles. The van der Waals surface area contributed by atoms with E-state index in [1.54, 1.807) is 0 Å². The molecule has 2 aromatic carbocycles. The summed E-state index contributed by atoms with van der Waals surface area (Å²) >= 11 is 0. The van der Waals surface area contributed by atoms with E-state index in [0.717, 1.165) is 6.54 Å². The highest BCUT2D eigenvalue weighted by Gasteiger charge is 2.55. The number of fused-ring (bicyclic) bond motifs is 5. The molecular formula is C22H22N2O. The van der Waals surface area contributed by atoms with E-state index < -0.39 is 0 Å². The van der Waals surface area contributed by atoms with Crippen LogP contribution in [-0.4, -0.2) is 15.7 Å². The Balaban J connectivity index is 1.47. The van der Waals surface area contributed by atoms with E-state index in [1.165, 1.54) is 41.4 Å². The minimum absolute atomic E-state index is 0.381. The molecule has 2 fully saturated rings. The van der Waals surface area contributed by atoms with Crippen molar-refractivity contribution >= 4 is 10.9 Å². The summed E-state index contributed by atoms with van der Waals surface area (Å²) in [6, 6.07) is 23.0. The van der Waals surface area contributed by atoms with Gasteiger partial charge in [-0.1, -0.05) is 48.5 Å². The summed E-state index contributed by atoms with van der Waals surface area (Å²) in [4.78, 5) is 6.48. The van der Waals surface area contributed by atoms with Gasteiger partial charge in [-0.15, -0.1) is 0 Å². The first-order chi connectivity index (χ1) is 12.4. The summed E-state index contributed by atoms with van der Waals surface area (Å²) in [5.74, 6) is 0.608. The summed E-state index contributed by atoms with van der Waals surface area (Å²) < 4.78 is 2.64. The molecule has 3 nitrogen and oxygen atoms in total. The Kier molecular flexibility index (Phi) is 2.93. The maximum Gasteiger partial charge on any atom is 0.0861 e. The molecule has 3 aliphatic rings. The van der Waals surface area contributed by atoms with Crippen LogP contribution in [0.2, 0.25) is 0 Å². The van der Waals surface area contributed by atoms with Gasteiger partial charge in [-0.25, -0.2) is 0 Å². The first-order valence-electron chi connectivity index (χ1n) is 9.47. The highest BCUT2D eigenvalue weighted by atomic mass is 16.7. The van der Waals surface area contributed by atoms with Crippen molar-refractivity contribution in [1.82, 2.24) is 9.63 Å². The van der Waals surface area contributed by atoms with Gasteiger partial charge >= 0.3 is 0 Å². The molecule has 126 valence electrons. The molecule has 0 radical (unpaired) electrons. The van der Waals surface area contributed by atoms with Crippen LogP contribution in [0.15, 0.2) is 60.7 Å². The van der Waals surface area contributed by atoms with Crippen molar-refractivity contribution in [3.05, 3.63) is 71.9 Å². The second-order valence-electron chi connectivity index (χ2n) is 7.72. The monoisotopic (exact) mass is 330 g/mol. The lowest BCUT2D eigenvalue weighted by molar-refractivity contribution is -0.176. The van der Waals surface area contributed by atoms with Crippen molar-refractivity contribution in [2.75, 3.05) is 0 Å². The lowest BCUT2D eigenvalue weighted by Gasteiger charge is -2.30. The fourth-order valence-electron chi connectivity index (χ4n) is 5.47. The topological polar surface area (TPSA) is 17.4 Å². The summed E-state index contributed by atoms with van der Waals surface area (Å²) in [6.07, 6.45) is 4.13. The van der Waals surface area contributed by atoms with Crippen molar-refractivity contribution in [3.63, 3.8) is 0 Å². The predicted molar refractivity (Wildman–Crippen MR) is 97.9 cm³/mol. The molecule has 3 heterocycles. The van der Waals surface area contributed by atoms with E-state index in [2.05, 4.69) is 70.3 Å². The molecule has 0 amide bonds. The third kappa shape index (κ3) is 1.94. The number of para-hydroxylation sites is 1. The van der Waals surface area contributed by atoms with E-state index in [9.17, 15) is 0 Å². The number of nitrogens with zero attached hydrogens (tertiary/aromatic N) is 2. The van der Waals surface area contributed by atoms with Crippen LogP contribution >= 0.6 is 0 Å². The molecule has 1 aliphatic carbocycles. The second kappa shape index (κ2) is 5.20. The van der Waals surface area contributed by atoms with E-state index in [-0.39, 0.29) is 0 Å². The van der Waals surface area contributed by atoms with Gasteiger partial charge in [0.15, 0.2) is 0 Å². The molecule has 3 heteroatoms. The summed E-state index contributed by atoms with van der Waals surface area (Å²) in [5.41, 5.74) is 4.18. The smallest absolute Gasteiger partial charge is 0.0861 e. The number of rotatable bonds is 2. The van der Waals surface area contributed by atoms with Gasteiger partial charge in [-0.3, -0.25) is 4.84 Å². The molecule has 0 spiro atoms. The largest absolute Gasteiger partial charge is 0.339 e. The normalized spacial score (nSPS) is 30.6. The first kappa shape index (κ1) is 14.1. The zero-order valence-electron chi connectivity index (χ0n) is 14.2. The second-order valence-corrected chi connectivity index (χ2v) is 7.72. The van der Waals surface area contributed by atoms with Crippen LogP contribution in [0.3, 0.4) is 0 Å². The van der Waals surface area contributed by atoms with Gasteiger partial charge in [0.25, 0.3) is 0 Å². The van der Waals surface area contributed by atoms with Gasteiger partial charge in [0.2, 0.25) is 0 Å². The average Bonchev–Trinajstić information content (AvgIpc) is 3.29. The Bertz CT molecular complexity index is 932. The zero-order chi connectivity index (χ0) is 16.4. The Labute approximate surface area is 147 Å². The SMILES string of the molecule is c1ccc(CN2O[C@@H]3CCC[C@H]4[C@@H]3[C@@H]2c2cc3ccccc3n24)cc1. The van der Waals surface area contributed by atoms with Crippen molar-refractivity contribution in [3.8, 4) is 0 Å². The van der Waals surface area contributed by atoms with Gasteiger partial charge in [-0.2, -0.15) is 5.06 Å². The number of hydrogen-bond donors (Lipinski definition) is 0. The maximum absolute atomic E-state index is 6.48. The van der Waals surface area contributed by atoms with Crippen LogP contribution in [0, 0.1) is 5.92 Å². The Morgan fingerprint density at radius 2 is 1.80 bits per heavy atom. The molecule has 3 aromatic rings. The van der Waals surface area contributed by atoms with Gasteiger partial charge in [0, 0.05) is 29.7 Å². The Morgan fingerprint density at radius 3 is 2.72 bits per heavy atom. The van der Waals surface area contributed by atoms with Crippen LogP contribution in [0.5, 0.6) is 0 Å². The van der Waals surface area contributed by atoms with E-state index >= 15 is 0 Å². The fraction of sp³-hybridized carbons (Fsp3) is 0.364. The number of aromatic nitrogens is 1. The quantitative estimate of drug-likeness (QED) is 0.668. The maximum atomic E-state index is 6.48. The molecule has 25 heavy (non-hydrogen) atoms. The van der Waals surface area contributed by atoms with Crippen LogP contribution in [0.25, 0.3) is 10.9 Å². The van der Waals surface area contributed by atoms with Crippen LogP contribution in [-0.2, 0) is 11.4 Å². The molecule has 4 atom stereocenters. The fourth-order valence-corrected chi connectivity index (χ4v) is 5.47. The minimum atomic E-state index is 0.381. The van der Waals surface area contributed by atoms with Gasteiger partial charge in [0.1, 0.15) is 0 Å². The van der Waals surface area contributed by atoms with Crippen LogP contribution in [0.1, 0.15) is 42.6 Å². The molecular weight excluding hydrogens is 308 g/mol. The van der Waals surface area contributed by atoms with Crippen LogP contribution in [0.4, 0.5) is 0 Å². The lowest BCUT2D eigenvalue weighted by atomic mass is 9.80. The molecule has 1 aromatic heterocycles. The summed E-state index contributed by atoms with van der Waals surface area (Å²) in [5, 5.41) is 3.64. The van der Waals surface area contributed by atoms with E-state index in [4.69, 9.17) is 4.84 Å². The standard InChI is InChI=1S/C22H22N2O/c1-2-7-15(8-3-1)14-23-22-19-13-16-9-4-5-10-17(16)24(19)18-11-6-12-20(25-23)21(18)22/h1-5,7-10,13,18,20-22H,6,11-12,14H2/t18-,20+,21-,22-/m0/s1. The molecule has 6 rings (SSSR count). The first-order valence-corrected chi connectivity index (χ1v) is 9.47. The zero-order valence-corrected chi connectivity index (χ0v) is 14.2. The highest BCUT2D eigenvalue weighted by Crippen LogP contribution is 2.57. The van der Waals surface area contributed by atoms with Crippen molar-refractivity contribution < 1.29 is 4.84 Å². The average molecular weight is 330 g/mol. The van der Waals surface area contributed by atoms with Gasteiger partial charge < -0.3 is 4.57 Å². The third-order valence-electron chi connectivity index (χ3n) is 6.40. The number of benzene rings is 2. The lowest BCUT2D eigenvalue weighted by Crippen LogP contribution is -2.28. The molecule has 1 saturated heterocycles. The van der Waals surface area contributed by atoms with Gasteiger partial charge in [0.05, 0.1) is 12.1 Å². The van der Waals surface area contributed by atoms with Crippen molar-refractivity contribution in [2.45, 2.75) is 44.0 Å². The number of hydroxylamine groups is 2. The third-order valence-corrected chi connectivity index (χ3v) is 6.40. The predicted octanol–water partition coefficient (Wildman–Crippen LogP) is 4.85. The van der Waals surface area contributed by atoms with E-state index in [1.807, 2.05) is 0 Å². The highest BCUT2D eigenvalue weighted by molar-refractivity contribution is 5.82. The van der Waals surface area contributed by atoms with Crippen molar-refractivity contribution in [2.24, 2.45) is 5.92 Å². The molecule has 1 saturated carbocycles. The Hall–Kier alpha value is -2.10. The summed E-state index contributed by atoms with van der Waals surface area (Å²) in [7, 11) is 0. The molecule has 0 unspecified atom stereocenters. The van der Waals surface area contributed by atoms with Crippen molar-refractivity contribution in [1.29, 1.82) is 0 Å². The van der Waals surface area contributed by atoms with E-state index in [0.29, 0.717) is 24.1 Å². The minimum Gasteiger partial charge on any atom is -0.339 e. The van der Waals surface area contributed by atoms with Crippen LogP contribution < -0.4 is 0 Å². The molecule has 0 bridgehead atoms. The summed E-state index contributed by atoms with van der Waals surface area (Å²) in [6.45, 7) is 0.868. The van der Waals surface area contributed by atoms with Gasteiger partial charge in [-0.05, 0) is 42.3 Å². The molecule has 0 N–H and O–H groups in total.